The van der Waals surface area contributed by atoms with Crippen molar-refractivity contribution in [2.45, 2.75) is 12.8 Å². The molecule has 2 aromatic rings. The second-order valence-electron chi connectivity index (χ2n) is 4.89. The van der Waals surface area contributed by atoms with E-state index in [1.54, 1.807) is 18.2 Å². The lowest BCUT2D eigenvalue weighted by Gasteiger charge is -2.01. The SMILES string of the molecule is COC(=O)CCCNC(=O)C=Cc1csc(-c2ccc(F)cc2)n1. The van der Waals surface area contributed by atoms with E-state index in [2.05, 4.69) is 15.0 Å². The fourth-order valence-electron chi connectivity index (χ4n) is 1.85. The van der Waals surface area contributed by atoms with Crippen LogP contribution in [0.4, 0.5) is 4.39 Å². The Bertz CT molecular complexity index is 726. The monoisotopic (exact) mass is 348 g/mol. The number of amides is 1. The van der Waals surface area contributed by atoms with E-state index in [-0.39, 0.29) is 24.1 Å². The third kappa shape index (κ3) is 5.58. The Morgan fingerprint density at radius 1 is 1.33 bits per heavy atom. The van der Waals surface area contributed by atoms with Gasteiger partial charge in [-0.1, -0.05) is 0 Å². The summed E-state index contributed by atoms with van der Waals surface area (Å²) in [6.45, 7) is 0.399. The van der Waals surface area contributed by atoms with Gasteiger partial charge in [-0.2, -0.15) is 0 Å². The first-order chi connectivity index (χ1) is 11.6. The van der Waals surface area contributed by atoms with E-state index in [0.29, 0.717) is 18.7 Å². The van der Waals surface area contributed by atoms with Gasteiger partial charge in [0.05, 0.1) is 12.8 Å². The Morgan fingerprint density at radius 3 is 2.79 bits per heavy atom. The zero-order chi connectivity index (χ0) is 17.4. The van der Waals surface area contributed by atoms with Crippen LogP contribution < -0.4 is 5.32 Å². The first-order valence-corrected chi connectivity index (χ1v) is 8.20. The van der Waals surface area contributed by atoms with Crippen LogP contribution in [0.25, 0.3) is 16.6 Å². The third-order valence-electron chi connectivity index (χ3n) is 3.10. The van der Waals surface area contributed by atoms with Gasteiger partial charge in [0.15, 0.2) is 0 Å². The van der Waals surface area contributed by atoms with Gasteiger partial charge in [0.1, 0.15) is 10.8 Å². The van der Waals surface area contributed by atoms with E-state index >= 15 is 0 Å². The van der Waals surface area contributed by atoms with Crippen molar-refractivity contribution in [3.05, 3.63) is 47.2 Å². The molecule has 0 radical (unpaired) electrons. The number of carbonyl (C=O) groups excluding carboxylic acids is 2. The number of esters is 1. The fourth-order valence-corrected chi connectivity index (χ4v) is 2.65. The highest BCUT2D eigenvalue weighted by Gasteiger charge is 2.04. The van der Waals surface area contributed by atoms with Gasteiger partial charge in [-0.05, 0) is 36.8 Å². The molecule has 0 aliphatic heterocycles. The van der Waals surface area contributed by atoms with Gasteiger partial charge >= 0.3 is 5.97 Å². The largest absolute Gasteiger partial charge is 0.469 e. The first kappa shape index (κ1) is 17.8. The lowest BCUT2D eigenvalue weighted by atomic mass is 10.2. The Kier molecular flexibility index (Phi) is 6.62. The number of thiazole rings is 1. The standard InChI is InChI=1S/C17H17FN2O3S/c1-23-16(22)3-2-10-19-15(21)9-8-14-11-24-17(20-14)12-4-6-13(18)7-5-12/h4-9,11H,2-3,10H2,1H3,(H,19,21). The molecule has 24 heavy (non-hydrogen) atoms. The molecule has 2 rings (SSSR count). The number of benzene rings is 1. The molecule has 1 N–H and O–H groups in total. The minimum atomic E-state index is -0.296. The van der Waals surface area contributed by atoms with Crippen LogP contribution in [0.3, 0.4) is 0 Å². The molecule has 0 bridgehead atoms. The average molecular weight is 348 g/mol. The smallest absolute Gasteiger partial charge is 0.305 e. The number of hydrogen-bond donors (Lipinski definition) is 1. The van der Waals surface area contributed by atoms with Gasteiger partial charge in [0, 0.05) is 30.0 Å². The minimum Gasteiger partial charge on any atom is -0.469 e. The molecule has 1 aromatic heterocycles. The van der Waals surface area contributed by atoms with Crippen molar-refractivity contribution in [3.63, 3.8) is 0 Å². The topological polar surface area (TPSA) is 68.3 Å². The molecule has 0 aliphatic carbocycles. The Morgan fingerprint density at radius 2 is 2.08 bits per heavy atom. The Balaban J connectivity index is 1.83. The lowest BCUT2D eigenvalue weighted by molar-refractivity contribution is -0.140. The molecular formula is C17H17FN2O3S. The summed E-state index contributed by atoms with van der Waals surface area (Å²) in [6, 6.07) is 6.09. The molecule has 1 amide bonds. The number of rotatable bonds is 7. The molecule has 0 spiro atoms. The maximum Gasteiger partial charge on any atom is 0.305 e. The van der Waals surface area contributed by atoms with E-state index in [0.717, 1.165) is 10.6 Å². The van der Waals surface area contributed by atoms with Gasteiger partial charge in [-0.25, -0.2) is 9.37 Å². The van der Waals surface area contributed by atoms with Crippen LogP contribution in [0.1, 0.15) is 18.5 Å². The van der Waals surface area contributed by atoms with E-state index < -0.39 is 0 Å². The fraction of sp³-hybridized carbons (Fsp3) is 0.235. The lowest BCUT2D eigenvalue weighted by Crippen LogP contribution is -2.22. The zero-order valence-electron chi connectivity index (χ0n) is 13.1. The zero-order valence-corrected chi connectivity index (χ0v) is 13.9. The van der Waals surface area contributed by atoms with E-state index in [1.807, 2.05) is 5.38 Å². The number of halogens is 1. The summed E-state index contributed by atoms with van der Waals surface area (Å²) in [5.41, 5.74) is 1.48. The predicted molar refractivity (Wildman–Crippen MR) is 90.8 cm³/mol. The number of aromatic nitrogens is 1. The van der Waals surface area contributed by atoms with Crippen molar-refractivity contribution in [3.8, 4) is 10.6 Å². The van der Waals surface area contributed by atoms with Crippen LogP contribution in [0.5, 0.6) is 0 Å². The highest BCUT2D eigenvalue weighted by atomic mass is 32.1. The van der Waals surface area contributed by atoms with Crippen LogP contribution in [0, 0.1) is 5.82 Å². The van der Waals surface area contributed by atoms with Crippen molar-refractivity contribution in [1.29, 1.82) is 0 Å². The molecular weight excluding hydrogens is 331 g/mol. The molecule has 7 heteroatoms. The molecule has 1 heterocycles. The van der Waals surface area contributed by atoms with Crippen LogP contribution in [-0.4, -0.2) is 30.5 Å². The highest BCUT2D eigenvalue weighted by molar-refractivity contribution is 7.13. The average Bonchev–Trinajstić information content (AvgIpc) is 3.06. The Labute approximate surface area is 143 Å². The van der Waals surface area contributed by atoms with Crippen molar-refractivity contribution < 1.29 is 18.7 Å². The van der Waals surface area contributed by atoms with Gasteiger partial charge in [0.2, 0.25) is 5.91 Å². The summed E-state index contributed by atoms with van der Waals surface area (Å²) in [5.74, 6) is -0.842. The van der Waals surface area contributed by atoms with Crippen LogP contribution in [-0.2, 0) is 14.3 Å². The molecule has 0 saturated heterocycles. The number of nitrogens with zero attached hydrogens (tertiary/aromatic N) is 1. The maximum absolute atomic E-state index is 12.9. The number of carbonyl (C=O) groups is 2. The van der Waals surface area contributed by atoms with E-state index in [1.165, 1.54) is 36.7 Å². The summed E-state index contributed by atoms with van der Waals surface area (Å²) in [6.07, 6.45) is 3.80. The van der Waals surface area contributed by atoms with E-state index in [4.69, 9.17) is 0 Å². The number of methoxy groups -OCH3 is 1. The normalized spacial score (nSPS) is 10.8. The minimum absolute atomic E-state index is 0.254. The molecule has 0 atom stereocenters. The summed E-state index contributed by atoms with van der Waals surface area (Å²) in [5, 5.41) is 5.25. The van der Waals surface area contributed by atoms with Crippen LogP contribution >= 0.6 is 11.3 Å². The van der Waals surface area contributed by atoms with Gasteiger partial charge in [0.25, 0.3) is 0 Å². The second-order valence-corrected chi connectivity index (χ2v) is 5.75. The quantitative estimate of drug-likeness (QED) is 0.474. The van der Waals surface area contributed by atoms with Crippen molar-refractivity contribution in [1.82, 2.24) is 10.3 Å². The van der Waals surface area contributed by atoms with Crippen LogP contribution in [0.15, 0.2) is 35.7 Å². The van der Waals surface area contributed by atoms with Gasteiger partial charge in [-0.3, -0.25) is 9.59 Å². The highest BCUT2D eigenvalue weighted by Crippen LogP contribution is 2.24. The molecule has 1 aromatic carbocycles. The van der Waals surface area contributed by atoms with Gasteiger partial charge in [-0.15, -0.1) is 11.3 Å². The molecule has 126 valence electrons. The predicted octanol–water partition coefficient (Wildman–Crippen LogP) is 3.03. The summed E-state index contributed by atoms with van der Waals surface area (Å²) < 4.78 is 17.4. The number of ether oxygens (including phenoxy) is 1. The molecule has 0 fully saturated rings. The molecule has 0 aliphatic rings. The van der Waals surface area contributed by atoms with Crippen molar-refractivity contribution in [2.24, 2.45) is 0 Å². The third-order valence-corrected chi connectivity index (χ3v) is 4.01. The molecule has 0 saturated carbocycles. The summed E-state index contributed by atoms with van der Waals surface area (Å²) in [7, 11) is 1.33. The van der Waals surface area contributed by atoms with E-state index in [9.17, 15) is 14.0 Å². The number of nitrogens with one attached hydrogen (secondary N) is 1. The summed E-state index contributed by atoms with van der Waals surface area (Å²) >= 11 is 1.42. The Hall–Kier alpha value is -2.54. The summed E-state index contributed by atoms with van der Waals surface area (Å²) in [4.78, 5) is 27.0. The maximum atomic E-state index is 12.9. The molecule has 5 nitrogen and oxygen atoms in total. The second kappa shape index (κ2) is 8.93. The molecule has 0 unspecified atom stereocenters. The number of hydrogen-bond acceptors (Lipinski definition) is 5. The van der Waals surface area contributed by atoms with Crippen molar-refractivity contribution >= 4 is 29.3 Å². The first-order valence-electron chi connectivity index (χ1n) is 7.32. The van der Waals surface area contributed by atoms with Crippen LogP contribution in [0.2, 0.25) is 0 Å². The van der Waals surface area contributed by atoms with Gasteiger partial charge < -0.3 is 10.1 Å². The van der Waals surface area contributed by atoms with Crippen molar-refractivity contribution in [2.75, 3.05) is 13.7 Å².